The van der Waals surface area contributed by atoms with Crippen LogP contribution in [-0.4, -0.2) is 17.9 Å². The van der Waals surface area contributed by atoms with Gasteiger partial charge in [-0.3, -0.25) is 0 Å². The molecular formula is C9H10BrNO2. The van der Waals surface area contributed by atoms with Crippen LogP contribution in [0.1, 0.15) is 12.5 Å². The zero-order valence-corrected chi connectivity index (χ0v) is 8.78. The number of hydrogen-bond acceptors (Lipinski definition) is 3. The number of phenols is 1. The monoisotopic (exact) mass is 243 g/mol. The van der Waals surface area contributed by atoms with Crippen molar-refractivity contribution in [2.45, 2.75) is 6.92 Å². The van der Waals surface area contributed by atoms with Crippen LogP contribution in [0.4, 0.5) is 0 Å². The summed E-state index contributed by atoms with van der Waals surface area (Å²) in [7, 11) is 0. The van der Waals surface area contributed by atoms with Crippen LogP contribution in [-0.2, 0) is 4.84 Å². The van der Waals surface area contributed by atoms with Gasteiger partial charge in [-0.2, -0.15) is 0 Å². The third-order valence-electron chi connectivity index (χ3n) is 1.39. The summed E-state index contributed by atoms with van der Waals surface area (Å²) in [6, 6.07) is 5.11. The fraction of sp³-hybridized carbons (Fsp3) is 0.222. The van der Waals surface area contributed by atoms with Gasteiger partial charge >= 0.3 is 0 Å². The summed E-state index contributed by atoms with van der Waals surface area (Å²) < 4.78 is 0.892. The number of benzene rings is 1. The fourth-order valence-electron chi connectivity index (χ4n) is 0.797. The van der Waals surface area contributed by atoms with Gasteiger partial charge in [0.25, 0.3) is 0 Å². The first kappa shape index (κ1) is 10.1. The Kier molecular flexibility index (Phi) is 3.76. The number of phenolic OH excluding ortho intramolecular Hbond substituents is 1. The topological polar surface area (TPSA) is 41.8 Å². The molecule has 0 aliphatic heterocycles. The maximum atomic E-state index is 9.37. The van der Waals surface area contributed by atoms with Gasteiger partial charge in [0.1, 0.15) is 12.4 Å². The van der Waals surface area contributed by atoms with Gasteiger partial charge in [0.15, 0.2) is 0 Å². The summed E-state index contributed by atoms with van der Waals surface area (Å²) in [5.74, 6) is 0.187. The Hall–Kier alpha value is -1.03. The number of hydrogen-bond donors (Lipinski definition) is 1. The van der Waals surface area contributed by atoms with Crippen molar-refractivity contribution in [1.82, 2.24) is 0 Å². The number of halogens is 1. The van der Waals surface area contributed by atoms with Gasteiger partial charge in [-0.1, -0.05) is 21.1 Å². The van der Waals surface area contributed by atoms with Crippen molar-refractivity contribution in [3.05, 3.63) is 28.2 Å². The molecule has 0 saturated carbocycles. The Morgan fingerprint density at radius 2 is 2.38 bits per heavy atom. The van der Waals surface area contributed by atoms with E-state index in [1.54, 1.807) is 18.2 Å². The lowest BCUT2D eigenvalue weighted by molar-refractivity contribution is 0.160. The molecule has 0 saturated heterocycles. The molecular weight excluding hydrogens is 234 g/mol. The highest BCUT2D eigenvalue weighted by Crippen LogP contribution is 2.19. The summed E-state index contributed by atoms with van der Waals surface area (Å²) in [6.07, 6.45) is 1.48. The van der Waals surface area contributed by atoms with Gasteiger partial charge in [0, 0.05) is 10.0 Å². The summed E-state index contributed by atoms with van der Waals surface area (Å²) in [5.41, 5.74) is 0.628. The second-order valence-electron chi connectivity index (χ2n) is 2.36. The molecule has 0 heterocycles. The van der Waals surface area contributed by atoms with Crippen LogP contribution in [0, 0.1) is 0 Å². The zero-order chi connectivity index (χ0) is 9.68. The molecule has 4 heteroatoms. The molecule has 0 bridgehead atoms. The minimum Gasteiger partial charge on any atom is -0.507 e. The zero-order valence-electron chi connectivity index (χ0n) is 7.20. The minimum atomic E-state index is 0.187. The molecule has 1 rings (SSSR count). The molecule has 0 spiro atoms. The van der Waals surface area contributed by atoms with E-state index in [1.807, 2.05) is 6.92 Å². The Morgan fingerprint density at radius 1 is 1.62 bits per heavy atom. The van der Waals surface area contributed by atoms with Gasteiger partial charge in [-0.25, -0.2) is 0 Å². The van der Waals surface area contributed by atoms with Crippen molar-refractivity contribution < 1.29 is 9.94 Å². The summed E-state index contributed by atoms with van der Waals surface area (Å²) >= 11 is 3.29. The lowest BCUT2D eigenvalue weighted by atomic mass is 10.2. The van der Waals surface area contributed by atoms with E-state index in [1.165, 1.54) is 6.21 Å². The van der Waals surface area contributed by atoms with E-state index in [4.69, 9.17) is 4.84 Å². The van der Waals surface area contributed by atoms with E-state index < -0.39 is 0 Å². The van der Waals surface area contributed by atoms with Crippen LogP contribution >= 0.6 is 15.9 Å². The van der Waals surface area contributed by atoms with Gasteiger partial charge in [0.05, 0.1) is 6.21 Å². The van der Waals surface area contributed by atoms with E-state index in [9.17, 15) is 5.11 Å². The standard InChI is InChI=1S/C9H10BrNO2/c1-2-13-11-6-7-5-8(10)3-4-9(7)12/h3-6,12H,2H2,1H3/b11-6+. The molecule has 1 aromatic carbocycles. The Balaban J connectivity index is 2.81. The fourth-order valence-corrected chi connectivity index (χ4v) is 1.18. The second-order valence-corrected chi connectivity index (χ2v) is 3.27. The first-order valence-electron chi connectivity index (χ1n) is 3.88. The van der Waals surface area contributed by atoms with Crippen LogP contribution in [0.25, 0.3) is 0 Å². The highest BCUT2D eigenvalue weighted by molar-refractivity contribution is 9.10. The Bertz CT molecular complexity index is 312. The van der Waals surface area contributed by atoms with Crippen molar-refractivity contribution >= 4 is 22.1 Å². The molecule has 0 unspecified atom stereocenters. The molecule has 1 N–H and O–H groups in total. The lowest BCUT2D eigenvalue weighted by Gasteiger charge is -1.98. The van der Waals surface area contributed by atoms with Gasteiger partial charge in [-0.15, -0.1) is 0 Å². The van der Waals surface area contributed by atoms with Crippen LogP contribution in [0.15, 0.2) is 27.8 Å². The number of aromatic hydroxyl groups is 1. The number of rotatable bonds is 3. The molecule has 0 radical (unpaired) electrons. The molecule has 0 amide bonds. The van der Waals surface area contributed by atoms with Crippen LogP contribution in [0.3, 0.4) is 0 Å². The Labute approximate surface area is 85.2 Å². The van der Waals surface area contributed by atoms with E-state index in [0.29, 0.717) is 12.2 Å². The molecule has 0 atom stereocenters. The molecule has 0 aliphatic rings. The Morgan fingerprint density at radius 3 is 3.08 bits per heavy atom. The SMILES string of the molecule is CCO/N=C/c1cc(Br)ccc1O. The summed E-state index contributed by atoms with van der Waals surface area (Å²) in [5, 5.41) is 13.0. The second kappa shape index (κ2) is 4.87. The maximum Gasteiger partial charge on any atom is 0.124 e. The predicted octanol–water partition coefficient (Wildman–Crippen LogP) is 2.53. The smallest absolute Gasteiger partial charge is 0.124 e. The molecule has 70 valence electrons. The summed E-state index contributed by atoms with van der Waals surface area (Å²) in [6.45, 7) is 2.36. The van der Waals surface area contributed by atoms with Crippen molar-refractivity contribution in [1.29, 1.82) is 0 Å². The average Bonchev–Trinajstić information content (AvgIpc) is 2.11. The third kappa shape index (κ3) is 3.06. The average molecular weight is 244 g/mol. The minimum absolute atomic E-state index is 0.187. The highest BCUT2D eigenvalue weighted by atomic mass is 79.9. The molecule has 0 fully saturated rings. The first-order valence-corrected chi connectivity index (χ1v) is 4.67. The molecule has 3 nitrogen and oxygen atoms in total. The van der Waals surface area contributed by atoms with E-state index >= 15 is 0 Å². The molecule has 0 aromatic heterocycles. The van der Waals surface area contributed by atoms with E-state index in [2.05, 4.69) is 21.1 Å². The summed E-state index contributed by atoms with van der Waals surface area (Å²) in [4.78, 5) is 4.78. The van der Waals surface area contributed by atoms with Crippen molar-refractivity contribution in [2.75, 3.05) is 6.61 Å². The number of nitrogens with zero attached hydrogens (tertiary/aromatic N) is 1. The van der Waals surface area contributed by atoms with Crippen molar-refractivity contribution in [3.63, 3.8) is 0 Å². The largest absolute Gasteiger partial charge is 0.507 e. The van der Waals surface area contributed by atoms with Crippen LogP contribution < -0.4 is 0 Å². The van der Waals surface area contributed by atoms with Gasteiger partial charge in [0.2, 0.25) is 0 Å². The lowest BCUT2D eigenvalue weighted by Crippen LogP contribution is -1.85. The van der Waals surface area contributed by atoms with Crippen LogP contribution in [0.2, 0.25) is 0 Å². The van der Waals surface area contributed by atoms with E-state index in [-0.39, 0.29) is 5.75 Å². The van der Waals surface area contributed by atoms with Crippen molar-refractivity contribution in [3.8, 4) is 5.75 Å². The third-order valence-corrected chi connectivity index (χ3v) is 1.88. The molecule has 1 aromatic rings. The van der Waals surface area contributed by atoms with E-state index in [0.717, 1.165) is 4.47 Å². The van der Waals surface area contributed by atoms with Crippen molar-refractivity contribution in [2.24, 2.45) is 5.16 Å². The number of oxime groups is 1. The predicted molar refractivity (Wildman–Crippen MR) is 55.0 cm³/mol. The van der Waals surface area contributed by atoms with Gasteiger partial charge in [-0.05, 0) is 25.1 Å². The highest BCUT2D eigenvalue weighted by Gasteiger charge is 1.97. The molecule has 13 heavy (non-hydrogen) atoms. The van der Waals surface area contributed by atoms with Gasteiger partial charge < -0.3 is 9.94 Å². The normalized spacial score (nSPS) is 10.6. The quantitative estimate of drug-likeness (QED) is 0.655. The molecule has 0 aliphatic carbocycles. The van der Waals surface area contributed by atoms with Crippen LogP contribution in [0.5, 0.6) is 5.75 Å². The maximum absolute atomic E-state index is 9.37. The first-order chi connectivity index (χ1) is 6.24.